The first kappa shape index (κ1) is 24.4. The van der Waals surface area contributed by atoms with Gasteiger partial charge < -0.3 is 14.3 Å². The molecule has 3 heterocycles. The number of aryl methyl sites for hydroxylation is 2. The second-order valence-electron chi connectivity index (χ2n) is 10.6. The van der Waals surface area contributed by atoms with Gasteiger partial charge in [-0.05, 0) is 32.7 Å². The number of hydrogen-bond donors (Lipinski definition) is 0. The molecule has 0 radical (unpaired) electrons. The van der Waals surface area contributed by atoms with Gasteiger partial charge in [-0.25, -0.2) is 0 Å². The number of rotatable bonds is 6. The Hall–Kier alpha value is -2.74. The van der Waals surface area contributed by atoms with Crippen molar-refractivity contribution in [1.29, 1.82) is 0 Å². The van der Waals surface area contributed by atoms with Crippen molar-refractivity contribution in [2.75, 3.05) is 39.3 Å². The van der Waals surface area contributed by atoms with Crippen LogP contribution >= 0.6 is 0 Å². The molecule has 4 rings (SSSR count). The highest BCUT2D eigenvalue weighted by Gasteiger charge is 2.40. The molecule has 0 aliphatic carbocycles. The van der Waals surface area contributed by atoms with Crippen LogP contribution in [0.1, 0.15) is 51.5 Å². The molecule has 2 saturated heterocycles. The molecule has 8 heteroatoms. The van der Waals surface area contributed by atoms with Crippen LogP contribution in [0.3, 0.4) is 0 Å². The molecule has 1 aromatic heterocycles. The lowest BCUT2D eigenvalue weighted by Crippen LogP contribution is -2.55. The Kier molecular flexibility index (Phi) is 7.36. The van der Waals surface area contributed by atoms with Gasteiger partial charge in [0.25, 0.3) is 0 Å². The fourth-order valence-electron chi connectivity index (χ4n) is 4.73. The van der Waals surface area contributed by atoms with E-state index in [0.717, 1.165) is 50.9 Å². The minimum absolute atomic E-state index is 0.0774. The average Bonchev–Trinajstić information content (AvgIpc) is 3.48. The van der Waals surface area contributed by atoms with Gasteiger partial charge in [-0.1, -0.05) is 55.8 Å². The van der Waals surface area contributed by atoms with Crippen molar-refractivity contribution in [3.05, 3.63) is 35.7 Å². The first-order valence-electron chi connectivity index (χ1n) is 12.4. The molecule has 0 spiro atoms. The molecule has 1 atom stereocenters. The van der Waals surface area contributed by atoms with Gasteiger partial charge in [-0.2, -0.15) is 4.98 Å². The summed E-state index contributed by atoms with van der Waals surface area (Å²) in [5, 5.41) is 4.11. The van der Waals surface area contributed by atoms with Gasteiger partial charge in [0.2, 0.25) is 23.5 Å². The maximum atomic E-state index is 13.2. The van der Waals surface area contributed by atoms with Crippen LogP contribution in [-0.2, 0) is 16.0 Å². The van der Waals surface area contributed by atoms with E-state index in [1.807, 2.05) is 54.8 Å². The number of carbonyl (C=O) groups is 2. The van der Waals surface area contributed by atoms with Crippen molar-refractivity contribution in [2.45, 2.75) is 59.4 Å². The number of aromatic nitrogens is 2. The van der Waals surface area contributed by atoms with E-state index in [-0.39, 0.29) is 17.9 Å². The molecule has 2 aliphatic rings. The number of hydrogen-bond acceptors (Lipinski definition) is 6. The van der Waals surface area contributed by atoms with Crippen LogP contribution in [0.4, 0.5) is 0 Å². The monoisotopic (exact) mass is 467 g/mol. The molecule has 2 fully saturated rings. The molecule has 8 nitrogen and oxygen atoms in total. The van der Waals surface area contributed by atoms with Crippen LogP contribution in [-0.4, -0.2) is 82.0 Å². The van der Waals surface area contributed by atoms with E-state index >= 15 is 0 Å². The Morgan fingerprint density at radius 1 is 1.06 bits per heavy atom. The quantitative estimate of drug-likeness (QED) is 0.649. The number of benzene rings is 1. The number of likely N-dealkylation sites (tertiary alicyclic amines) is 1. The summed E-state index contributed by atoms with van der Waals surface area (Å²) >= 11 is 0. The largest absolute Gasteiger partial charge is 0.339 e. The van der Waals surface area contributed by atoms with Crippen LogP contribution in [0, 0.1) is 12.3 Å². The SMILES string of the molecule is Cc1ccc(-c2noc(CCCN3CCN(C(=O)C4CCCN4C(=O)C(C)(C)C)CC3)n2)cc1. The van der Waals surface area contributed by atoms with Crippen molar-refractivity contribution in [2.24, 2.45) is 5.41 Å². The van der Waals surface area contributed by atoms with Gasteiger partial charge >= 0.3 is 0 Å². The second kappa shape index (κ2) is 10.3. The third-order valence-corrected chi connectivity index (χ3v) is 6.77. The van der Waals surface area contributed by atoms with E-state index < -0.39 is 5.41 Å². The molecule has 0 N–H and O–H groups in total. The van der Waals surface area contributed by atoms with Crippen LogP contribution < -0.4 is 0 Å². The first-order chi connectivity index (χ1) is 16.2. The Bertz CT molecular complexity index is 987. The highest BCUT2D eigenvalue weighted by Crippen LogP contribution is 2.27. The van der Waals surface area contributed by atoms with E-state index in [1.165, 1.54) is 5.56 Å². The number of nitrogens with zero attached hydrogens (tertiary/aromatic N) is 5. The topological polar surface area (TPSA) is 82.8 Å². The van der Waals surface area contributed by atoms with Gasteiger partial charge in [-0.3, -0.25) is 14.5 Å². The molecular weight excluding hydrogens is 430 g/mol. The summed E-state index contributed by atoms with van der Waals surface area (Å²) in [5.41, 5.74) is 1.71. The maximum Gasteiger partial charge on any atom is 0.245 e. The molecule has 2 amide bonds. The van der Waals surface area contributed by atoms with E-state index in [2.05, 4.69) is 22.0 Å². The first-order valence-corrected chi connectivity index (χ1v) is 12.4. The normalized spacial score (nSPS) is 19.6. The molecule has 184 valence electrons. The summed E-state index contributed by atoms with van der Waals surface area (Å²) in [6.07, 6.45) is 3.35. The molecule has 2 aliphatic heterocycles. The zero-order valence-electron chi connectivity index (χ0n) is 20.9. The fourth-order valence-corrected chi connectivity index (χ4v) is 4.73. The Morgan fingerprint density at radius 2 is 1.76 bits per heavy atom. The lowest BCUT2D eigenvalue weighted by atomic mass is 9.94. The summed E-state index contributed by atoms with van der Waals surface area (Å²) in [6.45, 7) is 12.6. The average molecular weight is 468 g/mol. The third kappa shape index (κ3) is 5.66. The van der Waals surface area contributed by atoms with Crippen LogP contribution in [0.2, 0.25) is 0 Å². The van der Waals surface area contributed by atoms with Gasteiger partial charge in [0.05, 0.1) is 0 Å². The fraction of sp³-hybridized carbons (Fsp3) is 0.615. The summed E-state index contributed by atoms with van der Waals surface area (Å²) in [4.78, 5) is 36.6. The zero-order chi connectivity index (χ0) is 24.3. The minimum atomic E-state index is -0.458. The molecule has 2 aromatic rings. The number of amides is 2. The summed E-state index contributed by atoms with van der Waals surface area (Å²) < 4.78 is 5.43. The van der Waals surface area contributed by atoms with Gasteiger partial charge in [0, 0.05) is 50.1 Å². The summed E-state index contributed by atoms with van der Waals surface area (Å²) in [7, 11) is 0. The van der Waals surface area contributed by atoms with Crippen molar-refractivity contribution in [3.8, 4) is 11.4 Å². The number of piperazine rings is 1. The lowest BCUT2D eigenvalue weighted by Gasteiger charge is -2.38. The third-order valence-electron chi connectivity index (χ3n) is 6.77. The van der Waals surface area contributed by atoms with Gasteiger partial charge in [0.1, 0.15) is 6.04 Å². The summed E-state index contributed by atoms with van der Waals surface area (Å²) in [6, 6.07) is 7.81. The molecule has 1 unspecified atom stereocenters. The highest BCUT2D eigenvalue weighted by atomic mass is 16.5. The van der Waals surface area contributed by atoms with E-state index in [1.54, 1.807) is 0 Å². The highest BCUT2D eigenvalue weighted by molar-refractivity contribution is 5.90. The van der Waals surface area contributed by atoms with E-state index in [9.17, 15) is 9.59 Å². The second-order valence-corrected chi connectivity index (χ2v) is 10.6. The minimum Gasteiger partial charge on any atom is -0.339 e. The lowest BCUT2D eigenvalue weighted by molar-refractivity contribution is -0.149. The smallest absolute Gasteiger partial charge is 0.245 e. The Balaban J connectivity index is 1.21. The Morgan fingerprint density at radius 3 is 2.44 bits per heavy atom. The molecule has 1 aromatic carbocycles. The summed E-state index contributed by atoms with van der Waals surface area (Å²) in [5.74, 6) is 1.49. The van der Waals surface area contributed by atoms with Crippen molar-refractivity contribution < 1.29 is 14.1 Å². The van der Waals surface area contributed by atoms with Crippen molar-refractivity contribution >= 4 is 11.8 Å². The van der Waals surface area contributed by atoms with Crippen molar-refractivity contribution in [1.82, 2.24) is 24.8 Å². The van der Waals surface area contributed by atoms with Gasteiger partial charge in [0.15, 0.2) is 0 Å². The molecule has 34 heavy (non-hydrogen) atoms. The maximum absolute atomic E-state index is 13.2. The van der Waals surface area contributed by atoms with Crippen LogP contribution in [0.5, 0.6) is 0 Å². The zero-order valence-corrected chi connectivity index (χ0v) is 20.9. The number of carbonyl (C=O) groups excluding carboxylic acids is 2. The predicted octanol–water partition coefficient (Wildman–Crippen LogP) is 3.16. The predicted molar refractivity (Wildman–Crippen MR) is 130 cm³/mol. The standard InChI is InChI=1S/C26H37N5O3/c1-19-9-11-20(12-10-19)23-27-22(34-28-23)8-6-13-29-15-17-30(18-16-29)24(32)21-7-5-14-31(21)25(33)26(2,3)4/h9-12,21H,5-8,13-18H2,1-4H3. The molecular formula is C26H37N5O3. The van der Waals surface area contributed by atoms with E-state index in [4.69, 9.17) is 4.52 Å². The Labute approximate surface area is 202 Å². The van der Waals surface area contributed by atoms with Crippen LogP contribution in [0.15, 0.2) is 28.8 Å². The molecule has 0 bridgehead atoms. The van der Waals surface area contributed by atoms with Crippen molar-refractivity contribution in [3.63, 3.8) is 0 Å². The molecule has 0 saturated carbocycles. The van der Waals surface area contributed by atoms with E-state index in [0.29, 0.717) is 31.3 Å². The van der Waals surface area contributed by atoms with Crippen LogP contribution in [0.25, 0.3) is 11.4 Å². The van der Waals surface area contributed by atoms with Gasteiger partial charge in [-0.15, -0.1) is 0 Å².